The van der Waals surface area contributed by atoms with Crippen molar-refractivity contribution in [1.82, 2.24) is 0 Å². The number of hydrogen-bond acceptors (Lipinski definition) is 3. The Balaban J connectivity index is 0.000000516. The maximum absolute atomic E-state index is 13.1. The van der Waals surface area contributed by atoms with Crippen LogP contribution in [0.3, 0.4) is 0 Å². The third-order valence-corrected chi connectivity index (χ3v) is 5.49. The number of carbonyl (C=O) groups is 1. The van der Waals surface area contributed by atoms with Crippen molar-refractivity contribution in [1.29, 1.82) is 0 Å². The minimum absolute atomic E-state index is 0.0161. The zero-order valence-corrected chi connectivity index (χ0v) is 18.4. The molecule has 1 heterocycles. The second-order valence-corrected chi connectivity index (χ2v) is 9.26. The molecule has 2 aromatic rings. The smallest absolute Gasteiger partial charge is 0.215 e. The second-order valence-electron chi connectivity index (χ2n) is 9.26. The first-order chi connectivity index (χ1) is 13.2. The Hall–Kier alpha value is -2.16. The summed E-state index contributed by atoms with van der Waals surface area (Å²) < 4.78 is 5.78. The van der Waals surface area contributed by atoms with Crippen LogP contribution in [-0.4, -0.2) is 18.0 Å². The molecule has 0 unspecified atom stereocenters. The summed E-state index contributed by atoms with van der Waals surface area (Å²) in [5.41, 5.74) is 7.05. The number of furan rings is 1. The molecular weight excluding hydrogens is 346 g/mol. The lowest BCUT2D eigenvalue weighted by molar-refractivity contribution is 0.106. The fourth-order valence-corrected chi connectivity index (χ4v) is 4.31. The van der Waals surface area contributed by atoms with Gasteiger partial charge in [0.1, 0.15) is 11.5 Å². The van der Waals surface area contributed by atoms with Gasteiger partial charge in [0.25, 0.3) is 0 Å². The van der Waals surface area contributed by atoms with Crippen LogP contribution in [-0.2, 0) is 11.8 Å². The van der Waals surface area contributed by atoms with Gasteiger partial charge in [0, 0.05) is 17.7 Å². The van der Waals surface area contributed by atoms with Gasteiger partial charge in [0.05, 0.1) is 11.8 Å². The average Bonchev–Trinajstić information content (AvgIpc) is 2.99. The molecule has 3 heteroatoms. The number of hydrogen-bond donors (Lipinski definition) is 0. The van der Waals surface area contributed by atoms with E-state index in [1.54, 1.807) is 6.26 Å². The minimum atomic E-state index is 0.0161. The predicted octanol–water partition coefficient (Wildman–Crippen LogP) is 6.54. The highest BCUT2D eigenvalue weighted by atomic mass is 16.3. The Morgan fingerprint density at radius 1 is 1.18 bits per heavy atom. The predicted molar refractivity (Wildman–Crippen MR) is 117 cm³/mol. The lowest BCUT2D eigenvalue weighted by Crippen LogP contribution is -2.30. The highest BCUT2D eigenvalue weighted by molar-refractivity contribution is 6.55. The van der Waals surface area contributed by atoms with E-state index < -0.39 is 0 Å². The molecule has 0 aliphatic heterocycles. The normalized spacial score (nSPS) is 18.3. The number of ketones is 1. The monoisotopic (exact) mass is 379 g/mol. The molecule has 28 heavy (non-hydrogen) atoms. The summed E-state index contributed by atoms with van der Waals surface area (Å²) >= 11 is 0. The Kier molecular flexibility index (Phi) is 5.65. The van der Waals surface area contributed by atoms with Crippen molar-refractivity contribution in [3.63, 3.8) is 0 Å². The molecule has 0 fully saturated rings. The van der Waals surface area contributed by atoms with Crippen molar-refractivity contribution >= 4 is 11.5 Å². The summed E-state index contributed by atoms with van der Waals surface area (Å²) in [7, 11) is 0. The standard InChI is InChI=1S/C21H23NO2.C4H10/c1-5-22-18-17-13-7-6-10-21(3,4)15(13)9-8-14(17)20-16(19(18)23)12(2)11-24-20;1-4(2)3/h8-9,11H,5-7,10H2,1-4H3;4H,1-3H3. The topological polar surface area (TPSA) is 42.6 Å². The number of rotatable bonds is 1. The number of nitrogens with zero attached hydrogens (tertiary/aromatic N) is 1. The van der Waals surface area contributed by atoms with Crippen LogP contribution in [0.15, 0.2) is 27.8 Å². The number of aryl methyl sites for hydroxylation is 1. The summed E-state index contributed by atoms with van der Waals surface area (Å²) in [5, 5.41) is 0. The van der Waals surface area contributed by atoms with Crippen LogP contribution in [0, 0.1) is 12.8 Å². The first-order valence-electron chi connectivity index (χ1n) is 10.5. The maximum atomic E-state index is 13.1. The first-order valence-corrected chi connectivity index (χ1v) is 10.5. The zero-order valence-electron chi connectivity index (χ0n) is 18.4. The van der Waals surface area contributed by atoms with Gasteiger partial charge in [0.15, 0.2) is 0 Å². The largest absolute Gasteiger partial charge is 0.463 e. The van der Waals surface area contributed by atoms with Gasteiger partial charge in [0.2, 0.25) is 5.78 Å². The summed E-state index contributed by atoms with van der Waals surface area (Å²) in [6, 6.07) is 4.36. The number of Topliss-reactive ketones (excluding diaryl/α,β-unsaturated/α-hetero) is 1. The number of fused-ring (bicyclic) bond motifs is 5. The van der Waals surface area contributed by atoms with Crippen molar-refractivity contribution < 1.29 is 9.21 Å². The van der Waals surface area contributed by atoms with E-state index in [2.05, 4.69) is 51.7 Å². The second kappa shape index (κ2) is 7.69. The molecule has 0 spiro atoms. The van der Waals surface area contributed by atoms with E-state index >= 15 is 0 Å². The van der Waals surface area contributed by atoms with E-state index in [0.29, 0.717) is 23.6 Å². The van der Waals surface area contributed by atoms with E-state index in [4.69, 9.17) is 4.42 Å². The van der Waals surface area contributed by atoms with Gasteiger partial charge in [-0.2, -0.15) is 0 Å². The summed E-state index contributed by atoms with van der Waals surface area (Å²) in [6.45, 7) is 15.6. The van der Waals surface area contributed by atoms with Gasteiger partial charge >= 0.3 is 0 Å². The van der Waals surface area contributed by atoms with Gasteiger partial charge in [-0.1, -0.05) is 46.8 Å². The molecule has 0 bridgehead atoms. The van der Waals surface area contributed by atoms with Crippen LogP contribution in [0.4, 0.5) is 0 Å². The van der Waals surface area contributed by atoms with E-state index in [1.165, 1.54) is 17.5 Å². The Labute approximate surface area is 169 Å². The molecule has 0 radical (unpaired) electrons. The van der Waals surface area contributed by atoms with Crippen LogP contribution in [0.5, 0.6) is 0 Å². The number of benzene rings is 1. The summed E-state index contributed by atoms with van der Waals surface area (Å²) in [5.74, 6) is 1.57. The van der Waals surface area contributed by atoms with Crippen LogP contribution in [0.2, 0.25) is 0 Å². The number of aliphatic imine (C=N–C) groups is 1. The van der Waals surface area contributed by atoms with E-state index in [0.717, 1.165) is 35.4 Å². The van der Waals surface area contributed by atoms with Gasteiger partial charge < -0.3 is 4.42 Å². The number of carbonyl (C=O) groups excluding carboxylic acids is 1. The minimum Gasteiger partial charge on any atom is -0.463 e. The Bertz CT molecular complexity index is 926. The molecule has 1 aromatic carbocycles. The molecule has 1 aromatic heterocycles. The lowest BCUT2D eigenvalue weighted by Gasteiger charge is -2.35. The van der Waals surface area contributed by atoms with Crippen LogP contribution < -0.4 is 0 Å². The van der Waals surface area contributed by atoms with E-state index in [-0.39, 0.29) is 11.2 Å². The van der Waals surface area contributed by atoms with E-state index in [9.17, 15) is 4.79 Å². The van der Waals surface area contributed by atoms with Crippen LogP contribution >= 0.6 is 0 Å². The highest BCUT2D eigenvalue weighted by Crippen LogP contribution is 2.44. The molecule has 150 valence electrons. The zero-order chi connectivity index (χ0) is 20.6. The molecule has 0 atom stereocenters. The summed E-state index contributed by atoms with van der Waals surface area (Å²) in [6.07, 6.45) is 5.02. The molecule has 2 aliphatic carbocycles. The molecule has 0 amide bonds. The first kappa shape index (κ1) is 20.6. The van der Waals surface area contributed by atoms with Crippen molar-refractivity contribution in [2.75, 3.05) is 6.54 Å². The fraction of sp³-hybridized carbons (Fsp3) is 0.520. The molecule has 4 rings (SSSR count). The van der Waals surface area contributed by atoms with Gasteiger partial charge in [-0.05, 0) is 61.1 Å². The molecular formula is C25H33NO2. The van der Waals surface area contributed by atoms with Crippen molar-refractivity contribution in [3.05, 3.63) is 46.2 Å². The third kappa shape index (κ3) is 3.47. The molecule has 0 saturated carbocycles. The lowest BCUT2D eigenvalue weighted by atomic mass is 9.69. The van der Waals surface area contributed by atoms with Gasteiger partial charge in [-0.15, -0.1) is 0 Å². The van der Waals surface area contributed by atoms with Crippen molar-refractivity contribution in [2.24, 2.45) is 10.9 Å². The Morgan fingerprint density at radius 2 is 1.86 bits per heavy atom. The van der Waals surface area contributed by atoms with Crippen LogP contribution in [0.25, 0.3) is 11.3 Å². The average molecular weight is 380 g/mol. The SMILES string of the molecule is CC(C)C.CCN=C1C(=O)c2c(C)coc2-c2ccc3c(c21)CCCC3(C)C. The van der Waals surface area contributed by atoms with E-state index in [1.807, 2.05) is 13.8 Å². The van der Waals surface area contributed by atoms with Gasteiger partial charge in [-0.3, -0.25) is 9.79 Å². The molecule has 2 aliphatic rings. The Morgan fingerprint density at radius 3 is 2.50 bits per heavy atom. The molecule has 3 nitrogen and oxygen atoms in total. The molecule has 0 saturated heterocycles. The van der Waals surface area contributed by atoms with Gasteiger partial charge in [-0.25, -0.2) is 0 Å². The highest BCUT2D eigenvalue weighted by Gasteiger charge is 2.38. The van der Waals surface area contributed by atoms with Crippen molar-refractivity contribution in [2.45, 2.75) is 73.1 Å². The maximum Gasteiger partial charge on any atom is 0.215 e. The quantitative estimate of drug-likeness (QED) is 0.565. The van der Waals surface area contributed by atoms with Crippen LogP contribution in [0.1, 0.15) is 87.0 Å². The van der Waals surface area contributed by atoms with Crippen molar-refractivity contribution in [3.8, 4) is 11.3 Å². The fourth-order valence-electron chi connectivity index (χ4n) is 4.31. The third-order valence-electron chi connectivity index (χ3n) is 5.49. The molecule has 0 N–H and O–H groups in total. The summed E-state index contributed by atoms with van der Waals surface area (Å²) in [4.78, 5) is 17.7.